The van der Waals surface area contributed by atoms with Crippen molar-refractivity contribution in [2.75, 3.05) is 27.7 Å². The first-order valence-electron chi connectivity index (χ1n) is 26.1. The molecule has 1 aliphatic heterocycles. The quantitative estimate of drug-likeness (QED) is 0.0316. The fourth-order valence-corrected chi connectivity index (χ4v) is 8.29. The summed E-state index contributed by atoms with van der Waals surface area (Å²) in [6.45, 7) is 11.4. The van der Waals surface area contributed by atoms with E-state index in [-0.39, 0.29) is 36.5 Å². The number of aliphatic carboxylic acids is 1. The molecule has 390 valence electrons. The number of ether oxygens (including phenoxy) is 1. The molecule has 15 nitrogen and oxygen atoms in total. The van der Waals surface area contributed by atoms with Crippen molar-refractivity contribution in [3.05, 3.63) is 127 Å². The number of nitrogens with one attached hydrogen (secondary N) is 5. The van der Waals surface area contributed by atoms with Crippen LogP contribution in [0.4, 0.5) is 0 Å². The van der Waals surface area contributed by atoms with E-state index < -0.39 is 5.97 Å². The fourth-order valence-electron chi connectivity index (χ4n) is 8.29. The van der Waals surface area contributed by atoms with Gasteiger partial charge in [-0.25, -0.2) is 15.0 Å². The van der Waals surface area contributed by atoms with Crippen molar-refractivity contribution >= 4 is 17.8 Å². The third-order valence-electron chi connectivity index (χ3n) is 12.4. The number of carboxylic acid groups (broad SMARTS) is 1. The van der Waals surface area contributed by atoms with Crippen LogP contribution in [0.25, 0.3) is 33.8 Å². The van der Waals surface area contributed by atoms with Crippen molar-refractivity contribution in [2.45, 2.75) is 149 Å². The van der Waals surface area contributed by atoms with Crippen LogP contribution in [0.3, 0.4) is 0 Å². The van der Waals surface area contributed by atoms with Gasteiger partial charge < -0.3 is 45.2 Å². The number of carboxylic acids is 1. The molecule has 6 N–H and O–H groups in total. The Hall–Kier alpha value is -6.42. The van der Waals surface area contributed by atoms with Gasteiger partial charge in [-0.2, -0.15) is 0 Å². The maximum atomic E-state index is 11.9. The highest BCUT2D eigenvalue weighted by Gasteiger charge is 2.27. The zero-order chi connectivity index (χ0) is 52.1. The number of likely N-dealkylation sites (N-methyl/N-ethyl adjacent to an activating group) is 1. The SMILES string of the molecule is CCCC[C@@H]1NC(=O)Cn2cc(-c3ccccc3)nc21.CCCC[C@H](NC)C(=O)O.CCCC[C@H](NC)c1nc(-c2ccccc2)cn1CC(=O)OCC.CCCC[C@H](NC)c1ncc(-c2ccccc2)[nH]1. The van der Waals surface area contributed by atoms with Gasteiger partial charge >= 0.3 is 11.9 Å². The summed E-state index contributed by atoms with van der Waals surface area (Å²) in [5.41, 5.74) is 6.23. The monoisotopic (exact) mass is 987 g/mol. The predicted molar refractivity (Wildman–Crippen MR) is 289 cm³/mol. The molecule has 4 heterocycles. The summed E-state index contributed by atoms with van der Waals surface area (Å²) in [5, 5.41) is 21.0. The van der Waals surface area contributed by atoms with E-state index in [1.165, 1.54) is 18.4 Å². The van der Waals surface area contributed by atoms with Crippen LogP contribution in [0, 0.1) is 0 Å². The van der Waals surface area contributed by atoms with Crippen molar-refractivity contribution in [3.63, 3.8) is 0 Å². The fraction of sp³-hybridized carbons (Fsp3) is 0.474. The first-order valence-corrected chi connectivity index (χ1v) is 26.1. The number of fused-ring (bicyclic) bond motifs is 1. The molecule has 0 fully saturated rings. The summed E-state index contributed by atoms with van der Waals surface area (Å²) < 4.78 is 9.00. The molecule has 0 bridgehead atoms. The maximum Gasteiger partial charge on any atom is 0.325 e. The van der Waals surface area contributed by atoms with E-state index in [0.29, 0.717) is 19.2 Å². The Balaban J connectivity index is 0.000000216. The van der Waals surface area contributed by atoms with E-state index in [2.05, 4.69) is 71.1 Å². The number of rotatable bonds is 24. The van der Waals surface area contributed by atoms with Crippen molar-refractivity contribution in [1.29, 1.82) is 0 Å². The summed E-state index contributed by atoms with van der Waals surface area (Å²) in [5.74, 6) is 1.99. The standard InChI is InChI=1S/C19H27N3O2.C16H19N3O.C15H21N3.C7H15NO2/c1-4-6-12-16(20-3)19-21-17(15-10-8-7-9-11-15)13-22(19)14-18(23)24-5-2;1-2-3-9-13-16-18-14(12-7-5-4-6-8-12)10-19(16)11-15(20)17-13;1-3-4-10-13(16-2)15-17-11-14(18-15)12-8-6-5-7-9-12;1-3-4-5-6(8-2)7(9)10/h7-11,13,16,20H,4-6,12,14H2,1-3H3;4-8,10,13H,2-3,9,11H2,1H3,(H,17,20);5-9,11,13,16H,3-4,10H2,1-2H3,(H,17,18);6,8H,3-5H2,1-2H3,(H,9,10)/t16-;2*13-;6-/m0000/s1. The highest BCUT2D eigenvalue weighted by Crippen LogP contribution is 2.28. The molecule has 0 aliphatic carbocycles. The average molecular weight is 987 g/mol. The van der Waals surface area contributed by atoms with Crippen LogP contribution in [0.5, 0.6) is 0 Å². The van der Waals surface area contributed by atoms with Gasteiger partial charge in [0.25, 0.3) is 0 Å². The van der Waals surface area contributed by atoms with Crippen LogP contribution in [0.1, 0.15) is 147 Å². The molecule has 6 aromatic rings. The molecule has 3 aromatic carbocycles. The Kier molecular flexibility index (Phi) is 26.3. The average Bonchev–Trinajstić information content (AvgIpc) is 4.18. The van der Waals surface area contributed by atoms with Crippen LogP contribution in [-0.2, 0) is 32.2 Å². The maximum absolute atomic E-state index is 11.9. The Morgan fingerprint density at radius 1 is 0.708 bits per heavy atom. The number of aromatic nitrogens is 6. The molecule has 0 saturated carbocycles. The summed E-state index contributed by atoms with van der Waals surface area (Å²) in [4.78, 5) is 51.6. The van der Waals surface area contributed by atoms with Gasteiger partial charge in [-0.1, -0.05) is 170 Å². The lowest BCUT2D eigenvalue weighted by Gasteiger charge is -2.24. The van der Waals surface area contributed by atoms with Gasteiger partial charge in [-0.15, -0.1) is 0 Å². The summed E-state index contributed by atoms with van der Waals surface area (Å²) in [6.07, 6.45) is 18.5. The third-order valence-corrected chi connectivity index (χ3v) is 12.4. The van der Waals surface area contributed by atoms with Gasteiger partial charge in [0.05, 0.1) is 48.0 Å². The third kappa shape index (κ3) is 18.6. The molecule has 0 unspecified atom stereocenters. The minimum atomic E-state index is -0.754. The number of benzene rings is 3. The van der Waals surface area contributed by atoms with E-state index in [1.807, 2.05) is 128 Å². The number of imidazole rings is 3. The first-order chi connectivity index (χ1) is 35.0. The zero-order valence-electron chi connectivity index (χ0n) is 44.1. The highest BCUT2D eigenvalue weighted by molar-refractivity contribution is 5.78. The lowest BCUT2D eigenvalue weighted by atomic mass is 10.1. The Morgan fingerprint density at radius 3 is 1.78 bits per heavy atom. The van der Waals surface area contributed by atoms with Gasteiger partial charge in [-0.05, 0) is 59.3 Å². The highest BCUT2D eigenvalue weighted by atomic mass is 16.5. The molecule has 1 amide bonds. The molecule has 4 atom stereocenters. The molecule has 0 saturated heterocycles. The van der Waals surface area contributed by atoms with Gasteiger partial charge in [0, 0.05) is 23.5 Å². The Morgan fingerprint density at radius 2 is 1.25 bits per heavy atom. The van der Waals surface area contributed by atoms with Crippen molar-refractivity contribution in [3.8, 4) is 33.8 Å². The van der Waals surface area contributed by atoms with Gasteiger partial charge in [0.1, 0.15) is 36.6 Å². The number of hydrogen-bond acceptors (Lipinski definition) is 10. The smallest absolute Gasteiger partial charge is 0.325 e. The van der Waals surface area contributed by atoms with E-state index in [1.54, 1.807) is 7.05 Å². The van der Waals surface area contributed by atoms with Gasteiger partial charge in [0.2, 0.25) is 5.91 Å². The molecule has 7 rings (SSSR count). The zero-order valence-corrected chi connectivity index (χ0v) is 44.1. The lowest BCUT2D eigenvalue weighted by Crippen LogP contribution is -2.38. The number of esters is 1. The van der Waals surface area contributed by atoms with Crippen LogP contribution >= 0.6 is 0 Å². The number of hydrogen-bond donors (Lipinski definition) is 6. The normalized spacial score (nSPS) is 13.9. The second kappa shape index (κ2) is 32.5. The number of carbonyl (C=O) groups is 3. The van der Waals surface area contributed by atoms with Crippen molar-refractivity contribution in [1.82, 2.24) is 50.3 Å². The summed E-state index contributed by atoms with van der Waals surface area (Å²) >= 11 is 0. The second-order valence-electron chi connectivity index (χ2n) is 17.9. The second-order valence-corrected chi connectivity index (χ2v) is 17.9. The van der Waals surface area contributed by atoms with Gasteiger partial charge in [0.15, 0.2) is 0 Å². The number of nitrogens with zero attached hydrogens (tertiary/aromatic N) is 5. The number of aromatic amines is 1. The van der Waals surface area contributed by atoms with Crippen LogP contribution in [0.2, 0.25) is 0 Å². The van der Waals surface area contributed by atoms with Crippen LogP contribution < -0.4 is 21.3 Å². The minimum absolute atomic E-state index is 0.0497. The van der Waals surface area contributed by atoms with E-state index >= 15 is 0 Å². The largest absolute Gasteiger partial charge is 0.480 e. The molecule has 72 heavy (non-hydrogen) atoms. The topological polar surface area (TPSA) is 193 Å². The van der Waals surface area contributed by atoms with Gasteiger partial charge in [-0.3, -0.25) is 14.4 Å². The summed E-state index contributed by atoms with van der Waals surface area (Å²) in [6, 6.07) is 30.6. The number of carbonyl (C=O) groups excluding carboxylic acids is 2. The number of amides is 1. The molecule has 0 radical (unpaired) electrons. The summed E-state index contributed by atoms with van der Waals surface area (Å²) in [7, 11) is 5.60. The number of H-pyrrole nitrogens is 1. The van der Waals surface area contributed by atoms with Crippen LogP contribution in [-0.4, -0.2) is 85.8 Å². The van der Waals surface area contributed by atoms with Crippen molar-refractivity contribution < 1.29 is 24.2 Å². The molecule has 15 heteroatoms. The Bertz CT molecular complexity index is 2440. The lowest BCUT2D eigenvalue weighted by molar-refractivity contribution is -0.144. The number of unbranched alkanes of at least 4 members (excludes halogenated alkanes) is 4. The van der Waals surface area contributed by atoms with E-state index in [9.17, 15) is 14.4 Å². The molecule has 1 aliphatic rings. The van der Waals surface area contributed by atoms with Crippen LogP contribution in [0.15, 0.2) is 110 Å². The minimum Gasteiger partial charge on any atom is -0.480 e. The molecular weight excluding hydrogens is 905 g/mol. The van der Waals surface area contributed by atoms with E-state index in [0.717, 1.165) is 110 Å². The first kappa shape index (κ1) is 58.2. The molecular formula is C57H82N10O5. The molecule has 3 aromatic heterocycles. The van der Waals surface area contributed by atoms with E-state index in [4.69, 9.17) is 19.8 Å². The Labute approximate surface area is 428 Å². The van der Waals surface area contributed by atoms with Crippen molar-refractivity contribution in [2.24, 2.45) is 0 Å². The predicted octanol–water partition coefficient (Wildman–Crippen LogP) is 10.9. The molecule has 0 spiro atoms.